The average Bonchev–Trinajstić information content (AvgIpc) is 2.78. The highest BCUT2D eigenvalue weighted by molar-refractivity contribution is 9.10. The lowest BCUT2D eigenvalue weighted by Gasteiger charge is -2.41. The van der Waals surface area contributed by atoms with E-state index in [1.165, 1.54) is 0 Å². The first-order chi connectivity index (χ1) is 11.2. The number of esters is 1. The number of rotatable bonds is 3. The number of ether oxygens (including phenoxy) is 1. The molecule has 0 radical (unpaired) electrons. The van der Waals surface area contributed by atoms with Crippen LogP contribution in [0.1, 0.15) is 18.2 Å². The molecule has 0 saturated heterocycles. The van der Waals surface area contributed by atoms with Crippen molar-refractivity contribution in [2.24, 2.45) is 13.0 Å². The van der Waals surface area contributed by atoms with Crippen molar-refractivity contribution < 1.29 is 23.4 Å². The van der Waals surface area contributed by atoms with Crippen molar-refractivity contribution in [3.05, 3.63) is 35.5 Å². The number of hydrogen-bond donors (Lipinski definition) is 1. The number of para-hydroxylation sites is 1. The Labute approximate surface area is 146 Å². The molecule has 1 aliphatic rings. The SMILES string of the molecule is CCOC(=O)[C@@H]1Cc2c(n(C)c3ccccc23)C[C@@]1(O)C(F)(F)Br. The fourth-order valence-electron chi connectivity index (χ4n) is 3.55. The van der Waals surface area contributed by atoms with Crippen LogP contribution in [0.25, 0.3) is 10.9 Å². The number of carbonyl (C=O) groups excluding carboxylic acids is 1. The van der Waals surface area contributed by atoms with Gasteiger partial charge in [0.25, 0.3) is 0 Å². The summed E-state index contributed by atoms with van der Waals surface area (Å²) in [6.07, 6.45) is -0.331. The van der Waals surface area contributed by atoms with E-state index in [-0.39, 0.29) is 19.4 Å². The van der Waals surface area contributed by atoms with Gasteiger partial charge in [-0.25, -0.2) is 0 Å². The molecule has 1 aromatic carbocycles. The maximum Gasteiger partial charge on any atom is 0.330 e. The summed E-state index contributed by atoms with van der Waals surface area (Å²) < 4.78 is 35.1. The van der Waals surface area contributed by atoms with Crippen LogP contribution in [0.2, 0.25) is 0 Å². The van der Waals surface area contributed by atoms with Crippen LogP contribution in [0, 0.1) is 5.92 Å². The Kier molecular flexibility index (Phi) is 4.20. The van der Waals surface area contributed by atoms with Crippen LogP contribution in [0.15, 0.2) is 24.3 Å². The Balaban J connectivity index is 2.19. The molecule has 0 unspecified atom stereocenters. The highest BCUT2D eigenvalue weighted by atomic mass is 79.9. The Hall–Kier alpha value is -1.47. The van der Waals surface area contributed by atoms with Gasteiger partial charge in [-0.05, 0) is 40.9 Å². The number of nitrogens with zero attached hydrogens (tertiary/aromatic N) is 1. The molecule has 0 spiro atoms. The quantitative estimate of drug-likeness (QED) is 0.634. The maximum absolute atomic E-state index is 14.2. The molecular weight excluding hydrogens is 384 g/mol. The monoisotopic (exact) mass is 401 g/mol. The van der Waals surface area contributed by atoms with Crippen molar-refractivity contribution in [2.75, 3.05) is 6.61 Å². The van der Waals surface area contributed by atoms with E-state index in [0.29, 0.717) is 5.69 Å². The second-order valence-corrected chi connectivity index (χ2v) is 7.10. The van der Waals surface area contributed by atoms with Gasteiger partial charge in [-0.15, -0.1) is 0 Å². The third-order valence-electron chi connectivity index (χ3n) is 4.83. The van der Waals surface area contributed by atoms with Crippen LogP contribution < -0.4 is 0 Å². The van der Waals surface area contributed by atoms with Crippen LogP contribution in [0.3, 0.4) is 0 Å². The van der Waals surface area contributed by atoms with E-state index >= 15 is 0 Å². The lowest BCUT2D eigenvalue weighted by Crippen LogP contribution is -2.58. The normalized spacial score (nSPS) is 24.0. The summed E-state index contributed by atoms with van der Waals surface area (Å²) in [5.74, 6) is -2.15. The number of aliphatic hydroxyl groups is 1. The van der Waals surface area contributed by atoms with E-state index < -0.39 is 22.3 Å². The fourth-order valence-corrected chi connectivity index (χ4v) is 3.96. The second kappa shape index (κ2) is 5.81. The smallest absolute Gasteiger partial charge is 0.330 e. The number of hydrogen-bond acceptors (Lipinski definition) is 3. The molecule has 0 aliphatic heterocycles. The molecule has 0 amide bonds. The van der Waals surface area contributed by atoms with Gasteiger partial charge in [-0.3, -0.25) is 4.79 Å². The van der Waals surface area contributed by atoms with Crippen molar-refractivity contribution in [1.82, 2.24) is 4.57 Å². The molecule has 2 atom stereocenters. The Morgan fingerprint density at radius 3 is 2.79 bits per heavy atom. The first kappa shape index (κ1) is 17.4. The predicted octanol–water partition coefficient (Wildman–Crippen LogP) is 3.18. The third-order valence-corrected chi connectivity index (χ3v) is 5.51. The zero-order chi connectivity index (χ0) is 17.7. The molecule has 4 nitrogen and oxygen atoms in total. The Morgan fingerprint density at radius 1 is 1.50 bits per heavy atom. The van der Waals surface area contributed by atoms with E-state index in [2.05, 4.69) is 15.9 Å². The standard InChI is InChI=1S/C17H18BrF2NO3/c1-3-24-15(22)12-8-11-10-6-4-5-7-13(10)21(2)14(11)9-16(12,23)17(18,19)20/h4-7,12,23H,3,8-9H2,1-2H3/t12-,16-/m0/s1. The molecule has 1 aliphatic carbocycles. The van der Waals surface area contributed by atoms with E-state index in [0.717, 1.165) is 16.5 Å². The van der Waals surface area contributed by atoms with Gasteiger partial charge in [-0.1, -0.05) is 18.2 Å². The van der Waals surface area contributed by atoms with Crippen molar-refractivity contribution in [2.45, 2.75) is 30.2 Å². The van der Waals surface area contributed by atoms with Crippen LogP contribution in [0.4, 0.5) is 8.78 Å². The van der Waals surface area contributed by atoms with Crippen LogP contribution >= 0.6 is 15.9 Å². The van der Waals surface area contributed by atoms with Crippen molar-refractivity contribution in [3.8, 4) is 0 Å². The molecule has 1 N–H and O–H groups in total. The molecule has 3 rings (SSSR count). The average molecular weight is 402 g/mol. The maximum atomic E-state index is 14.2. The minimum atomic E-state index is -3.62. The summed E-state index contributed by atoms with van der Waals surface area (Å²) in [6, 6.07) is 7.51. The topological polar surface area (TPSA) is 51.5 Å². The molecule has 130 valence electrons. The minimum absolute atomic E-state index is 0.00715. The number of aryl methyl sites for hydroxylation is 1. The van der Waals surface area contributed by atoms with Gasteiger partial charge < -0.3 is 14.4 Å². The van der Waals surface area contributed by atoms with Gasteiger partial charge in [0.05, 0.1) is 12.5 Å². The number of alkyl halides is 3. The molecule has 1 aromatic heterocycles. The number of carbonyl (C=O) groups is 1. The summed E-state index contributed by atoms with van der Waals surface area (Å²) in [6.45, 7) is 1.68. The fraction of sp³-hybridized carbons (Fsp3) is 0.471. The largest absolute Gasteiger partial charge is 0.466 e. The molecule has 7 heteroatoms. The van der Waals surface area contributed by atoms with Crippen molar-refractivity contribution >= 4 is 32.8 Å². The molecule has 2 aromatic rings. The van der Waals surface area contributed by atoms with Gasteiger partial charge in [0.2, 0.25) is 0 Å². The molecule has 0 bridgehead atoms. The predicted molar refractivity (Wildman–Crippen MR) is 89.3 cm³/mol. The number of aromatic nitrogens is 1. The summed E-state index contributed by atoms with van der Waals surface area (Å²) >= 11 is 2.28. The third kappa shape index (κ3) is 2.45. The Morgan fingerprint density at radius 2 is 2.17 bits per heavy atom. The first-order valence-corrected chi connectivity index (χ1v) is 8.51. The summed E-state index contributed by atoms with van der Waals surface area (Å²) in [4.78, 5) is 8.65. The summed E-state index contributed by atoms with van der Waals surface area (Å²) in [5.41, 5.74) is -0.243. The molecule has 1 heterocycles. The van der Waals surface area contributed by atoms with Gasteiger partial charge in [0.1, 0.15) is 0 Å². The first-order valence-electron chi connectivity index (χ1n) is 7.71. The van der Waals surface area contributed by atoms with Crippen molar-refractivity contribution in [3.63, 3.8) is 0 Å². The van der Waals surface area contributed by atoms with Crippen molar-refractivity contribution in [1.29, 1.82) is 0 Å². The van der Waals surface area contributed by atoms with Gasteiger partial charge in [-0.2, -0.15) is 8.78 Å². The molecule has 0 fully saturated rings. The van der Waals surface area contributed by atoms with Gasteiger partial charge in [0, 0.05) is 30.1 Å². The lowest BCUT2D eigenvalue weighted by molar-refractivity contribution is -0.184. The number of halogens is 3. The van der Waals surface area contributed by atoms with E-state index in [1.807, 2.05) is 24.3 Å². The van der Waals surface area contributed by atoms with Crippen LogP contribution in [-0.2, 0) is 29.4 Å². The summed E-state index contributed by atoms with van der Waals surface area (Å²) in [5, 5.41) is 11.7. The highest BCUT2D eigenvalue weighted by Gasteiger charge is 2.61. The Bertz CT molecular complexity index is 799. The summed E-state index contributed by atoms with van der Waals surface area (Å²) in [7, 11) is 1.78. The van der Waals surface area contributed by atoms with Gasteiger partial charge >= 0.3 is 10.8 Å². The van der Waals surface area contributed by atoms with Gasteiger partial charge in [0.15, 0.2) is 5.60 Å². The van der Waals surface area contributed by atoms with E-state index in [4.69, 9.17) is 4.74 Å². The molecular formula is C17H18BrF2NO3. The zero-order valence-corrected chi connectivity index (χ0v) is 14.9. The molecule has 24 heavy (non-hydrogen) atoms. The lowest BCUT2D eigenvalue weighted by atomic mass is 9.74. The zero-order valence-electron chi connectivity index (χ0n) is 13.4. The minimum Gasteiger partial charge on any atom is -0.466 e. The van der Waals surface area contributed by atoms with E-state index in [1.54, 1.807) is 18.5 Å². The number of fused-ring (bicyclic) bond motifs is 3. The molecule has 0 saturated carbocycles. The van der Waals surface area contributed by atoms with Crippen LogP contribution in [-0.4, -0.2) is 32.7 Å². The second-order valence-electron chi connectivity index (χ2n) is 6.11. The van der Waals surface area contributed by atoms with E-state index in [9.17, 15) is 18.7 Å². The number of benzene rings is 1. The highest BCUT2D eigenvalue weighted by Crippen LogP contribution is 2.48. The van der Waals surface area contributed by atoms with Crippen LogP contribution in [0.5, 0.6) is 0 Å².